The van der Waals surface area contributed by atoms with Crippen LogP contribution in [-0.4, -0.2) is 48.4 Å². The minimum atomic E-state index is -0.0660. The molecule has 0 aliphatic heterocycles. The Kier molecular flexibility index (Phi) is 7.43. The number of aliphatic imine (C=N–C) groups is 1. The largest absolute Gasteiger partial charge is 0.370 e. The standard InChI is InChI=1S/C19H25N5O/c1-24(14-11-17-9-5-6-12-21-17)18(25)15-23-19(20)22-13-10-16-7-3-2-4-8-16/h2-9,12H,10-11,13-15H2,1H3,(H3,20,22,23). The maximum Gasteiger partial charge on any atom is 0.244 e. The quantitative estimate of drug-likeness (QED) is 0.560. The zero-order chi connectivity index (χ0) is 17.9. The van der Waals surface area contributed by atoms with Gasteiger partial charge in [-0.15, -0.1) is 0 Å². The average Bonchev–Trinajstić information content (AvgIpc) is 2.66. The monoisotopic (exact) mass is 339 g/mol. The molecule has 3 N–H and O–H groups in total. The van der Waals surface area contributed by atoms with Gasteiger partial charge < -0.3 is 16.0 Å². The highest BCUT2D eigenvalue weighted by atomic mass is 16.2. The molecule has 1 amide bonds. The minimum Gasteiger partial charge on any atom is -0.370 e. The van der Waals surface area contributed by atoms with E-state index in [0.717, 1.165) is 18.5 Å². The number of hydrogen-bond donors (Lipinski definition) is 2. The molecule has 2 aromatic rings. The fourth-order valence-corrected chi connectivity index (χ4v) is 2.26. The number of benzene rings is 1. The molecule has 6 heteroatoms. The fraction of sp³-hybridized carbons (Fsp3) is 0.316. The SMILES string of the molecule is CN(CCc1ccccn1)C(=O)CN=C(N)NCCc1ccccc1. The number of pyridine rings is 1. The van der Waals surface area contributed by atoms with Crippen LogP contribution in [0.2, 0.25) is 0 Å². The summed E-state index contributed by atoms with van der Waals surface area (Å²) in [6.07, 6.45) is 3.33. The summed E-state index contributed by atoms with van der Waals surface area (Å²) in [5.41, 5.74) is 8.00. The molecule has 0 atom stereocenters. The third-order valence-corrected chi connectivity index (χ3v) is 3.80. The van der Waals surface area contributed by atoms with E-state index in [9.17, 15) is 4.79 Å². The Balaban J connectivity index is 1.67. The molecule has 132 valence electrons. The van der Waals surface area contributed by atoms with Gasteiger partial charge in [-0.25, -0.2) is 4.99 Å². The summed E-state index contributed by atoms with van der Waals surface area (Å²) in [5, 5.41) is 3.03. The lowest BCUT2D eigenvalue weighted by Gasteiger charge is -2.16. The zero-order valence-corrected chi connectivity index (χ0v) is 14.6. The molecule has 6 nitrogen and oxygen atoms in total. The Morgan fingerprint density at radius 1 is 1.16 bits per heavy atom. The van der Waals surface area contributed by atoms with Gasteiger partial charge in [0, 0.05) is 38.4 Å². The Labute approximate surface area is 148 Å². The second kappa shape index (κ2) is 10.1. The minimum absolute atomic E-state index is 0.0445. The lowest BCUT2D eigenvalue weighted by atomic mass is 10.1. The van der Waals surface area contributed by atoms with Crippen molar-refractivity contribution in [1.29, 1.82) is 0 Å². The van der Waals surface area contributed by atoms with Gasteiger partial charge in [0.2, 0.25) is 5.91 Å². The summed E-state index contributed by atoms with van der Waals surface area (Å²) in [7, 11) is 1.76. The second-order valence-electron chi connectivity index (χ2n) is 5.75. The van der Waals surface area contributed by atoms with E-state index in [1.807, 2.05) is 36.4 Å². The molecule has 0 aliphatic rings. The highest BCUT2D eigenvalue weighted by Crippen LogP contribution is 1.98. The zero-order valence-electron chi connectivity index (χ0n) is 14.6. The van der Waals surface area contributed by atoms with E-state index in [1.165, 1.54) is 5.56 Å². The molecule has 25 heavy (non-hydrogen) atoms. The van der Waals surface area contributed by atoms with Crippen LogP contribution in [0, 0.1) is 0 Å². The number of nitrogens with one attached hydrogen (secondary N) is 1. The molecule has 0 radical (unpaired) electrons. The van der Waals surface area contributed by atoms with Crippen molar-refractivity contribution in [2.75, 3.05) is 26.7 Å². The molecule has 0 fully saturated rings. The van der Waals surface area contributed by atoms with Crippen molar-refractivity contribution >= 4 is 11.9 Å². The topological polar surface area (TPSA) is 83.6 Å². The molecule has 0 saturated carbocycles. The van der Waals surface area contributed by atoms with E-state index < -0.39 is 0 Å². The number of aromatic nitrogens is 1. The summed E-state index contributed by atoms with van der Waals surface area (Å²) in [5.74, 6) is 0.228. The molecule has 0 spiro atoms. The Morgan fingerprint density at radius 3 is 2.64 bits per heavy atom. The third kappa shape index (κ3) is 7.03. The molecule has 1 aromatic heterocycles. The van der Waals surface area contributed by atoms with Crippen LogP contribution in [0.5, 0.6) is 0 Å². The van der Waals surface area contributed by atoms with Crippen LogP contribution in [0.15, 0.2) is 59.7 Å². The van der Waals surface area contributed by atoms with Crippen LogP contribution in [0.3, 0.4) is 0 Å². The van der Waals surface area contributed by atoms with Crippen molar-refractivity contribution in [2.24, 2.45) is 10.7 Å². The summed E-state index contributed by atoms with van der Waals surface area (Å²) >= 11 is 0. The van der Waals surface area contributed by atoms with E-state index in [0.29, 0.717) is 19.0 Å². The van der Waals surface area contributed by atoms with Crippen molar-refractivity contribution in [1.82, 2.24) is 15.2 Å². The first-order chi connectivity index (χ1) is 12.1. The number of carbonyl (C=O) groups excluding carboxylic acids is 1. The highest BCUT2D eigenvalue weighted by Gasteiger charge is 2.08. The van der Waals surface area contributed by atoms with E-state index in [1.54, 1.807) is 18.1 Å². The number of carbonyl (C=O) groups is 1. The van der Waals surface area contributed by atoms with Crippen molar-refractivity contribution < 1.29 is 4.79 Å². The van der Waals surface area contributed by atoms with E-state index in [-0.39, 0.29) is 12.5 Å². The number of nitrogens with zero attached hydrogens (tertiary/aromatic N) is 3. The van der Waals surface area contributed by atoms with Crippen molar-refractivity contribution in [3.63, 3.8) is 0 Å². The molecule has 0 bridgehead atoms. The Bertz CT molecular complexity index is 673. The normalized spacial score (nSPS) is 11.2. The van der Waals surface area contributed by atoms with Crippen molar-refractivity contribution in [2.45, 2.75) is 12.8 Å². The first-order valence-corrected chi connectivity index (χ1v) is 8.37. The van der Waals surface area contributed by atoms with E-state index >= 15 is 0 Å². The van der Waals surface area contributed by atoms with Crippen LogP contribution in [-0.2, 0) is 17.6 Å². The fourth-order valence-electron chi connectivity index (χ4n) is 2.26. The van der Waals surface area contributed by atoms with Gasteiger partial charge in [-0.1, -0.05) is 36.4 Å². The number of guanidine groups is 1. The van der Waals surface area contributed by atoms with Crippen LogP contribution >= 0.6 is 0 Å². The number of likely N-dealkylation sites (N-methyl/N-ethyl adjacent to an activating group) is 1. The van der Waals surface area contributed by atoms with Gasteiger partial charge in [0.15, 0.2) is 5.96 Å². The molecule has 0 unspecified atom stereocenters. The first-order valence-electron chi connectivity index (χ1n) is 8.37. The predicted molar refractivity (Wildman–Crippen MR) is 100 cm³/mol. The first kappa shape index (κ1) is 18.4. The Morgan fingerprint density at radius 2 is 1.92 bits per heavy atom. The van der Waals surface area contributed by atoms with Gasteiger partial charge in [0.25, 0.3) is 0 Å². The van der Waals surface area contributed by atoms with Gasteiger partial charge >= 0.3 is 0 Å². The smallest absolute Gasteiger partial charge is 0.244 e. The van der Waals surface area contributed by atoms with Gasteiger partial charge in [-0.3, -0.25) is 9.78 Å². The third-order valence-electron chi connectivity index (χ3n) is 3.80. The maximum absolute atomic E-state index is 12.1. The Hall–Kier alpha value is -2.89. The number of hydrogen-bond acceptors (Lipinski definition) is 3. The molecule has 2 rings (SSSR count). The number of nitrogens with two attached hydrogens (primary N) is 1. The lowest BCUT2D eigenvalue weighted by Crippen LogP contribution is -2.36. The molecular weight excluding hydrogens is 314 g/mol. The van der Waals surface area contributed by atoms with Gasteiger partial charge in [-0.2, -0.15) is 0 Å². The van der Waals surface area contributed by atoms with Crippen LogP contribution < -0.4 is 11.1 Å². The summed E-state index contributed by atoms with van der Waals surface area (Å²) in [6, 6.07) is 15.9. The molecule has 0 saturated heterocycles. The highest BCUT2D eigenvalue weighted by molar-refractivity contribution is 5.83. The van der Waals surface area contributed by atoms with Gasteiger partial charge in [-0.05, 0) is 24.1 Å². The van der Waals surface area contributed by atoms with Crippen LogP contribution in [0.25, 0.3) is 0 Å². The molecular formula is C19H25N5O. The summed E-state index contributed by atoms with van der Waals surface area (Å²) in [6.45, 7) is 1.33. The van der Waals surface area contributed by atoms with Crippen LogP contribution in [0.1, 0.15) is 11.3 Å². The van der Waals surface area contributed by atoms with E-state index in [4.69, 9.17) is 5.73 Å². The summed E-state index contributed by atoms with van der Waals surface area (Å²) in [4.78, 5) is 22.1. The number of rotatable bonds is 8. The van der Waals surface area contributed by atoms with Gasteiger partial charge in [0.05, 0.1) is 0 Å². The summed E-state index contributed by atoms with van der Waals surface area (Å²) < 4.78 is 0. The molecule has 1 heterocycles. The van der Waals surface area contributed by atoms with Crippen molar-refractivity contribution in [3.8, 4) is 0 Å². The predicted octanol–water partition coefficient (Wildman–Crippen LogP) is 1.23. The van der Waals surface area contributed by atoms with Crippen molar-refractivity contribution in [3.05, 3.63) is 66.0 Å². The maximum atomic E-state index is 12.1. The van der Waals surface area contributed by atoms with Crippen LogP contribution in [0.4, 0.5) is 0 Å². The number of amides is 1. The average molecular weight is 339 g/mol. The molecule has 0 aliphatic carbocycles. The second-order valence-corrected chi connectivity index (χ2v) is 5.75. The lowest BCUT2D eigenvalue weighted by molar-refractivity contribution is -0.128. The molecule has 1 aromatic carbocycles. The van der Waals surface area contributed by atoms with Gasteiger partial charge in [0.1, 0.15) is 6.54 Å². The van der Waals surface area contributed by atoms with E-state index in [2.05, 4.69) is 27.4 Å².